The summed E-state index contributed by atoms with van der Waals surface area (Å²) in [5.74, 6) is 0.326. The molecule has 0 spiro atoms. The number of fused-ring (bicyclic) bond motifs is 1. The molecule has 150 valence electrons. The maximum Gasteiger partial charge on any atom is 0.292 e. The van der Waals surface area contributed by atoms with Crippen molar-refractivity contribution in [2.24, 2.45) is 12.1 Å². The van der Waals surface area contributed by atoms with E-state index in [1.165, 1.54) is 7.05 Å². The van der Waals surface area contributed by atoms with Gasteiger partial charge in [-0.25, -0.2) is 10.1 Å². The molecule has 0 saturated heterocycles. The van der Waals surface area contributed by atoms with Gasteiger partial charge in [0, 0.05) is 12.4 Å². The second kappa shape index (κ2) is 9.64. The van der Waals surface area contributed by atoms with Gasteiger partial charge in [-0.05, 0) is 42.3 Å². The third-order valence-corrected chi connectivity index (χ3v) is 4.45. The van der Waals surface area contributed by atoms with Gasteiger partial charge in [-0.15, -0.1) is 0 Å². The molecule has 1 amide bonds. The number of rotatable bonds is 8. The second-order valence-electron chi connectivity index (χ2n) is 6.65. The molecule has 3 aromatic rings. The van der Waals surface area contributed by atoms with Crippen LogP contribution in [0, 0.1) is 0 Å². The van der Waals surface area contributed by atoms with Gasteiger partial charge in [0.15, 0.2) is 5.69 Å². The van der Waals surface area contributed by atoms with Crippen molar-refractivity contribution in [3.05, 3.63) is 70.1 Å². The zero-order valence-electron chi connectivity index (χ0n) is 16.6. The molecule has 0 radical (unpaired) electrons. The maximum absolute atomic E-state index is 12.5. The summed E-state index contributed by atoms with van der Waals surface area (Å²) in [4.78, 5) is 24.7. The fourth-order valence-electron chi connectivity index (χ4n) is 2.88. The topological polar surface area (TPSA) is 85.6 Å². The molecular formula is C22H24N4O3. The largest absolute Gasteiger partial charge is 0.494 e. The number of hydrazone groups is 1. The van der Waals surface area contributed by atoms with Crippen LogP contribution < -0.4 is 15.7 Å². The first-order valence-corrected chi connectivity index (χ1v) is 9.62. The predicted octanol–water partition coefficient (Wildman–Crippen LogP) is 3.27. The molecule has 1 N–H and O–H groups in total. The molecule has 2 aromatic carbocycles. The van der Waals surface area contributed by atoms with Crippen LogP contribution in [0.5, 0.6) is 5.75 Å². The van der Waals surface area contributed by atoms with Crippen LogP contribution in [0.3, 0.4) is 0 Å². The van der Waals surface area contributed by atoms with Crippen LogP contribution in [0.2, 0.25) is 0 Å². The van der Waals surface area contributed by atoms with E-state index in [1.54, 1.807) is 30.5 Å². The van der Waals surface area contributed by atoms with E-state index < -0.39 is 5.91 Å². The van der Waals surface area contributed by atoms with E-state index in [-0.39, 0.29) is 11.3 Å². The molecule has 7 nitrogen and oxygen atoms in total. The number of aryl methyl sites for hydroxylation is 1. The highest BCUT2D eigenvalue weighted by molar-refractivity contribution is 6.04. The molecule has 7 heteroatoms. The lowest BCUT2D eigenvalue weighted by atomic mass is 10.1. The second-order valence-corrected chi connectivity index (χ2v) is 6.65. The van der Waals surface area contributed by atoms with Crippen molar-refractivity contribution in [2.45, 2.75) is 26.2 Å². The monoisotopic (exact) mass is 392 g/mol. The number of hydrogen-bond acceptors (Lipinski definition) is 5. The summed E-state index contributed by atoms with van der Waals surface area (Å²) in [5.41, 5.74) is 3.19. The number of unbranched alkanes of at least 4 members (excludes halogenated alkanes) is 2. The molecule has 0 unspecified atom stereocenters. The minimum Gasteiger partial charge on any atom is -0.494 e. The Morgan fingerprint density at radius 1 is 1.14 bits per heavy atom. The van der Waals surface area contributed by atoms with Crippen LogP contribution in [0.25, 0.3) is 10.8 Å². The smallest absolute Gasteiger partial charge is 0.292 e. The van der Waals surface area contributed by atoms with Crippen LogP contribution in [0.15, 0.2) is 58.4 Å². The highest BCUT2D eigenvalue weighted by Gasteiger charge is 2.14. The van der Waals surface area contributed by atoms with Crippen LogP contribution in [-0.2, 0) is 7.05 Å². The molecule has 0 bridgehead atoms. The number of amides is 1. The Labute approximate surface area is 169 Å². The summed E-state index contributed by atoms with van der Waals surface area (Å²) in [6.07, 6.45) is 4.90. The molecule has 0 aliphatic heterocycles. The number of nitrogens with one attached hydrogen (secondary N) is 1. The molecule has 0 fully saturated rings. The van der Waals surface area contributed by atoms with Crippen molar-refractivity contribution in [3.63, 3.8) is 0 Å². The quantitative estimate of drug-likeness (QED) is 0.362. The van der Waals surface area contributed by atoms with Gasteiger partial charge in [0.25, 0.3) is 11.5 Å². The third kappa shape index (κ3) is 5.07. The van der Waals surface area contributed by atoms with Crippen molar-refractivity contribution in [1.82, 2.24) is 15.2 Å². The van der Waals surface area contributed by atoms with Crippen molar-refractivity contribution in [2.75, 3.05) is 6.61 Å². The Balaban J connectivity index is 1.65. The van der Waals surface area contributed by atoms with E-state index in [2.05, 4.69) is 22.5 Å². The molecule has 3 rings (SSSR count). The number of ether oxygens (including phenoxy) is 1. The average molecular weight is 392 g/mol. The number of hydrogen-bond donors (Lipinski definition) is 1. The Hall–Kier alpha value is -3.48. The molecule has 0 atom stereocenters. The number of carbonyl (C=O) groups excluding carboxylic acids is 1. The van der Waals surface area contributed by atoms with Gasteiger partial charge in [0.1, 0.15) is 5.75 Å². The standard InChI is InChI=1S/C22H24N4O3/c1-3-4-7-14-29-17-12-10-16(11-13-17)15-23-24-21(27)20-18-8-5-6-9-19(18)22(28)26(2)25-20/h5-6,8-13,15H,3-4,7,14H2,1-2H3,(H,24,27)/b23-15+. The lowest BCUT2D eigenvalue weighted by Crippen LogP contribution is -2.27. The van der Waals surface area contributed by atoms with Gasteiger partial charge in [-0.2, -0.15) is 10.2 Å². The number of aromatic nitrogens is 2. The van der Waals surface area contributed by atoms with Gasteiger partial charge in [0.05, 0.1) is 18.2 Å². The molecular weight excluding hydrogens is 368 g/mol. The fraction of sp³-hybridized carbons (Fsp3) is 0.273. The van der Waals surface area contributed by atoms with Crippen molar-refractivity contribution < 1.29 is 9.53 Å². The first-order valence-electron chi connectivity index (χ1n) is 9.62. The third-order valence-electron chi connectivity index (χ3n) is 4.45. The Kier molecular flexibility index (Phi) is 6.73. The maximum atomic E-state index is 12.5. The fourth-order valence-corrected chi connectivity index (χ4v) is 2.88. The van der Waals surface area contributed by atoms with Crippen LogP contribution in [0.1, 0.15) is 42.2 Å². The van der Waals surface area contributed by atoms with Gasteiger partial charge < -0.3 is 4.74 Å². The van der Waals surface area contributed by atoms with E-state index in [9.17, 15) is 9.59 Å². The minimum absolute atomic E-state index is 0.149. The number of nitrogens with zero attached hydrogens (tertiary/aromatic N) is 3. The zero-order chi connectivity index (χ0) is 20.6. The van der Waals surface area contributed by atoms with Crippen molar-refractivity contribution in [3.8, 4) is 5.75 Å². The normalized spacial score (nSPS) is 11.1. The Morgan fingerprint density at radius 2 is 1.86 bits per heavy atom. The lowest BCUT2D eigenvalue weighted by Gasteiger charge is -2.07. The van der Waals surface area contributed by atoms with E-state index >= 15 is 0 Å². The highest BCUT2D eigenvalue weighted by Crippen LogP contribution is 2.13. The molecule has 0 saturated carbocycles. The summed E-state index contributed by atoms with van der Waals surface area (Å²) in [5, 5.41) is 9.01. The van der Waals surface area contributed by atoms with Crippen LogP contribution in [0.4, 0.5) is 0 Å². The Morgan fingerprint density at radius 3 is 2.59 bits per heavy atom. The van der Waals surface area contributed by atoms with Crippen molar-refractivity contribution >= 4 is 22.9 Å². The molecule has 0 aliphatic rings. The summed E-state index contributed by atoms with van der Waals surface area (Å²) >= 11 is 0. The first-order chi connectivity index (χ1) is 14.1. The number of benzene rings is 2. The average Bonchev–Trinajstić information content (AvgIpc) is 2.75. The summed E-state index contributed by atoms with van der Waals surface area (Å²) in [6, 6.07) is 14.4. The Bertz CT molecular complexity index is 1070. The van der Waals surface area contributed by atoms with Crippen LogP contribution in [-0.4, -0.2) is 28.5 Å². The molecule has 1 heterocycles. The molecule has 0 aliphatic carbocycles. The van der Waals surface area contributed by atoms with E-state index in [4.69, 9.17) is 4.74 Å². The summed E-state index contributed by atoms with van der Waals surface area (Å²) < 4.78 is 6.83. The number of carbonyl (C=O) groups is 1. The zero-order valence-corrected chi connectivity index (χ0v) is 16.6. The van der Waals surface area contributed by atoms with Gasteiger partial charge >= 0.3 is 0 Å². The van der Waals surface area contributed by atoms with E-state index in [1.807, 2.05) is 24.3 Å². The van der Waals surface area contributed by atoms with Gasteiger partial charge in [-0.1, -0.05) is 38.0 Å². The van der Waals surface area contributed by atoms with Gasteiger partial charge in [-0.3, -0.25) is 9.59 Å². The SMILES string of the molecule is CCCCCOc1ccc(/C=N/NC(=O)c2nn(C)c(=O)c3ccccc23)cc1. The highest BCUT2D eigenvalue weighted by atomic mass is 16.5. The predicted molar refractivity (Wildman–Crippen MR) is 114 cm³/mol. The molecule has 1 aromatic heterocycles. The van der Waals surface area contributed by atoms with Crippen LogP contribution >= 0.6 is 0 Å². The lowest BCUT2D eigenvalue weighted by molar-refractivity contribution is 0.0950. The van der Waals surface area contributed by atoms with E-state index in [0.29, 0.717) is 17.4 Å². The summed E-state index contributed by atoms with van der Waals surface area (Å²) in [7, 11) is 1.51. The molecule has 29 heavy (non-hydrogen) atoms. The van der Waals surface area contributed by atoms with Crippen molar-refractivity contribution in [1.29, 1.82) is 0 Å². The first kappa shape index (κ1) is 20.3. The summed E-state index contributed by atoms with van der Waals surface area (Å²) in [6.45, 7) is 2.86. The van der Waals surface area contributed by atoms with E-state index in [0.717, 1.165) is 35.3 Å². The minimum atomic E-state index is -0.482. The van der Waals surface area contributed by atoms with Gasteiger partial charge in [0.2, 0.25) is 0 Å².